The molecule has 0 saturated heterocycles. The molecule has 1 heterocycles. The highest BCUT2D eigenvalue weighted by Crippen LogP contribution is 2.16. The van der Waals surface area contributed by atoms with Crippen molar-refractivity contribution in [1.29, 1.82) is 0 Å². The fourth-order valence-corrected chi connectivity index (χ4v) is 1.42. The van der Waals surface area contributed by atoms with Crippen molar-refractivity contribution in [3.05, 3.63) is 41.7 Å². The number of benzene rings is 1. The van der Waals surface area contributed by atoms with Crippen molar-refractivity contribution in [2.75, 3.05) is 12.4 Å². The smallest absolute Gasteiger partial charge is 0.207 e. The molecular formula is C10H10ClN3. The van der Waals surface area contributed by atoms with Gasteiger partial charge in [-0.3, -0.25) is 4.57 Å². The quantitative estimate of drug-likeness (QED) is 0.821. The van der Waals surface area contributed by atoms with Crippen LogP contribution >= 0.6 is 11.6 Å². The van der Waals surface area contributed by atoms with Gasteiger partial charge in [-0.2, -0.15) is 0 Å². The molecule has 0 fully saturated rings. The molecule has 0 bridgehead atoms. The van der Waals surface area contributed by atoms with E-state index in [1.54, 1.807) is 6.20 Å². The number of imidazole rings is 1. The van der Waals surface area contributed by atoms with Gasteiger partial charge in [0.15, 0.2) is 0 Å². The molecule has 0 saturated carbocycles. The minimum Gasteiger partial charge on any atom is -0.358 e. The highest BCUT2D eigenvalue weighted by atomic mass is 35.5. The second-order valence-corrected chi connectivity index (χ2v) is 3.28. The number of rotatable bonds is 2. The van der Waals surface area contributed by atoms with Gasteiger partial charge in [0.2, 0.25) is 5.95 Å². The first-order chi connectivity index (χ1) is 6.81. The molecule has 0 aliphatic heterocycles. The Balaban J connectivity index is 2.44. The Hall–Kier alpha value is -1.48. The van der Waals surface area contributed by atoms with Crippen molar-refractivity contribution in [3.63, 3.8) is 0 Å². The van der Waals surface area contributed by atoms with Crippen LogP contribution in [0.15, 0.2) is 36.7 Å². The normalized spacial score (nSPS) is 10.1. The van der Waals surface area contributed by atoms with Crippen LogP contribution in [0, 0.1) is 0 Å². The molecule has 0 aliphatic carbocycles. The van der Waals surface area contributed by atoms with Crippen molar-refractivity contribution in [2.45, 2.75) is 0 Å². The monoisotopic (exact) mass is 207 g/mol. The topological polar surface area (TPSA) is 29.9 Å². The van der Waals surface area contributed by atoms with Gasteiger partial charge in [0.1, 0.15) is 0 Å². The zero-order valence-electron chi connectivity index (χ0n) is 7.74. The van der Waals surface area contributed by atoms with E-state index in [9.17, 15) is 0 Å². The molecule has 0 radical (unpaired) electrons. The Kier molecular flexibility index (Phi) is 2.41. The Labute approximate surface area is 87.3 Å². The van der Waals surface area contributed by atoms with Gasteiger partial charge in [0.05, 0.1) is 0 Å². The molecule has 72 valence electrons. The van der Waals surface area contributed by atoms with Crippen LogP contribution in [0.4, 0.5) is 5.95 Å². The van der Waals surface area contributed by atoms with Gasteiger partial charge in [-0.1, -0.05) is 11.6 Å². The van der Waals surface area contributed by atoms with Gasteiger partial charge in [-0.25, -0.2) is 4.98 Å². The maximum absolute atomic E-state index is 5.81. The summed E-state index contributed by atoms with van der Waals surface area (Å²) in [6, 6.07) is 7.61. The summed E-state index contributed by atoms with van der Waals surface area (Å²) in [5.74, 6) is 0.812. The molecule has 0 amide bonds. The minimum atomic E-state index is 0.736. The van der Waals surface area contributed by atoms with E-state index in [1.165, 1.54) is 0 Å². The van der Waals surface area contributed by atoms with Crippen LogP contribution in [-0.2, 0) is 0 Å². The second kappa shape index (κ2) is 3.72. The van der Waals surface area contributed by atoms with Crippen LogP contribution in [0.1, 0.15) is 0 Å². The molecule has 1 aromatic carbocycles. The van der Waals surface area contributed by atoms with E-state index in [2.05, 4.69) is 10.3 Å². The molecule has 0 spiro atoms. The maximum Gasteiger partial charge on any atom is 0.207 e. The van der Waals surface area contributed by atoms with Crippen LogP contribution in [0.3, 0.4) is 0 Å². The van der Waals surface area contributed by atoms with Crippen LogP contribution in [0.25, 0.3) is 5.69 Å². The van der Waals surface area contributed by atoms with Gasteiger partial charge < -0.3 is 5.32 Å². The summed E-state index contributed by atoms with van der Waals surface area (Å²) < 4.78 is 1.95. The van der Waals surface area contributed by atoms with Crippen LogP contribution < -0.4 is 5.32 Å². The summed E-state index contributed by atoms with van der Waals surface area (Å²) in [4.78, 5) is 4.15. The van der Waals surface area contributed by atoms with Crippen molar-refractivity contribution in [2.24, 2.45) is 0 Å². The van der Waals surface area contributed by atoms with Crippen molar-refractivity contribution in [1.82, 2.24) is 9.55 Å². The zero-order valence-corrected chi connectivity index (χ0v) is 8.49. The van der Waals surface area contributed by atoms with Gasteiger partial charge in [-0.15, -0.1) is 0 Å². The molecule has 2 aromatic rings. The van der Waals surface area contributed by atoms with Gasteiger partial charge in [-0.05, 0) is 24.3 Å². The van der Waals surface area contributed by atoms with E-state index in [4.69, 9.17) is 11.6 Å². The van der Waals surface area contributed by atoms with E-state index >= 15 is 0 Å². The Morgan fingerprint density at radius 3 is 2.64 bits per heavy atom. The third kappa shape index (κ3) is 1.59. The van der Waals surface area contributed by atoms with E-state index < -0.39 is 0 Å². The van der Waals surface area contributed by atoms with E-state index in [1.807, 2.05) is 42.1 Å². The highest BCUT2D eigenvalue weighted by molar-refractivity contribution is 6.30. The lowest BCUT2D eigenvalue weighted by atomic mass is 10.3. The number of halogens is 1. The highest BCUT2D eigenvalue weighted by Gasteiger charge is 2.01. The third-order valence-corrected chi connectivity index (χ3v) is 2.22. The summed E-state index contributed by atoms with van der Waals surface area (Å²) >= 11 is 5.81. The molecule has 1 N–H and O–H groups in total. The van der Waals surface area contributed by atoms with Crippen molar-refractivity contribution < 1.29 is 0 Å². The third-order valence-electron chi connectivity index (χ3n) is 1.97. The lowest BCUT2D eigenvalue weighted by molar-refractivity contribution is 1.05. The molecule has 2 rings (SSSR count). The number of nitrogens with zero attached hydrogens (tertiary/aromatic N) is 2. The van der Waals surface area contributed by atoms with Gasteiger partial charge in [0.25, 0.3) is 0 Å². The van der Waals surface area contributed by atoms with E-state index in [0.29, 0.717) is 0 Å². The number of nitrogens with one attached hydrogen (secondary N) is 1. The average molecular weight is 208 g/mol. The zero-order chi connectivity index (χ0) is 9.97. The SMILES string of the molecule is CNc1nccn1-c1ccc(Cl)cc1. The summed E-state index contributed by atoms with van der Waals surface area (Å²) in [5.41, 5.74) is 1.04. The molecule has 0 atom stereocenters. The maximum atomic E-state index is 5.81. The second-order valence-electron chi connectivity index (χ2n) is 2.85. The van der Waals surface area contributed by atoms with Crippen molar-refractivity contribution in [3.8, 4) is 5.69 Å². The molecule has 1 aromatic heterocycles. The Morgan fingerprint density at radius 2 is 2.00 bits per heavy atom. The number of aromatic nitrogens is 2. The Bertz CT molecular complexity index is 419. The molecule has 3 nitrogen and oxygen atoms in total. The van der Waals surface area contributed by atoms with Crippen molar-refractivity contribution >= 4 is 17.5 Å². The number of hydrogen-bond acceptors (Lipinski definition) is 2. The summed E-state index contributed by atoms with van der Waals surface area (Å²) in [6.07, 6.45) is 3.65. The van der Waals surface area contributed by atoms with Crippen LogP contribution in [-0.4, -0.2) is 16.6 Å². The molecule has 14 heavy (non-hydrogen) atoms. The first-order valence-electron chi connectivity index (χ1n) is 4.28. The predicted molar refractivity (Wildman–Crippen MR) is 58.1 cm³/mol. The molecular weight excluding hydrogens is 198 g/mol. The fraction of sp³-hybridized carbons (Fsp3) is 0.100. The summed E-state index contributed by atoms with van der Waals surface area (Å²) in [7, 11) is 1.84. The molecule has 4 heteroatoms. The number of anilines is 1. The summed E-state index contributed by atoms with van der Waals surface area (Å²) in [5, 5.41) is 3.74. The van der Waals surface area contributed by atoms with Crippen LogP contribution in [0.5, 0.6) is 0 Å². The van der Waals surface area contributed by atoms with Gasteiger partial charge in [0, 0.05) is 30.2 Å². The standard InChI is InChI=1S/C10H10ClN3/c1-12-10-13-6-7-14(10)9-4-2-8(11)3-5-9/h2-7H,1H3,(H,12,13). The largest absolute Gasteiger partial charge is 0.358 e. The van der Waals surface area contributed by atoms with E-state index in [-0.39, 0.29) is 0 Å². The molecule has 0 unspecified atom stereocenters. The fourth-order valence-electron chi connectivity index (χ4n) is 1.30. The first kappa shape index (κ1) is 9.09. The van der Waals surface area contributed by atoms with E-state index in [0.717, 1.165) is 16.7 Å². The lowest BCUT2D eigenvalue weighted by Gasteiger charge is -2.06. The first-order valence-corrected chi connectivity index (χ1v) is 4.66. The molecule has 0 aliphatic rings. The average Bonchev–Trinajstić information content (AvgIpc) is 2.67. The Morgan fingerprint density at radius 1 is 1.29 bits per heavy atom. The summed E-state index contributed by atoms with van der Waals surface area (Å²) in [6.45, 7) is 0. The lowest BCUT2D eigenvalue weighted by Crippen LogP contribution is -1.99. The minimum absolute atomic E-state index is 0.736. The number of hydrogen-bond donors (Lipinski definition) is 1. The van der Waals surface area contributed by atoms with Crippen LogP contribution in [0.2, 0.25) is 5.02 Å². The van der Waals surface area contributed by atoms with Gasteiger partial charge >= 0.3 is 0 Å². The predicted octanol–water partition coefficient (Wildman–Crippen LogP) is 2.57.